The van der Waals surface area contributed by atoms with Crippen LogP contribution in [0.15, 0.2) is 27.6 Å². The van der Waals surface area contributed by atoms with Crippen LogP contribution in [0.5, 0.6) is 0 Å². The van der Waals surface area contributed by atoms with Crippen molar-refractivity contribution < 1.29 is 0 Å². The second-order valence-corrected chi connectivity index (χ2v) is 6.98. The van der Waals surface area contributed by atoms with E-state index >= 15 is 0 Å². The average molecular weight is 341 g/mol. The molecule has 1 atom stereocenters. The maximum absolute atomic E-state index is 5.76. The van der Waals surface area contributed by atoms with Crippen molar-refractivity contribution in [2.75, 3.05) is 11.9 Å². The maximum Gasteiger partial charge on any atom is 0.225 e. The lowest BCUT2D eigenvalue weighted by molar-refractivity contribution is 0.730. The molecule has 19 heavy (non-hydrogen) atoms. The summed E-state index contributed by atoms with van der Waals surface area (Å²) in [5.74, 6) is 0.732. The lowest BCUT2D eigenvalue weighted by Crippen LogP contribution is -2.20. The van der Waals surface area contributed by atoms with E-state index in [9.17, 15) is 0 Å². The number of nitrogens with zero attached hydrogens (tertiary/aromatic N) is 3. The molecule has 2 N–H and O–H groups in total. The molecule has 0 radical (unpaired) electrons. The van der Waals surface area contributed by atoms with Crippen LogP contribution in [0.3, 0.4) is 0 Å². The molecule has 0 amide bonds. The Kier molecular flexibility index (Phi) is 4.90. The summed E-state index contributed by atoms with van der Waals surface area (Å²) < 4.78 is 1.14. The molecule has 0 bridgehead atoms. The molecule has 0 aliphatic heterocycles. The molecule has 2 aromatic heterocycles. The van der Waals surface area contributed by atoms with Gasteiger partial charge in [-0.3, -0.25) is 0 Å². The van der Waals surface area contributed by atoms with E-state index < -0.39 is 0 Å². The Balaban J connectivity index is 2.01. The normalized spacial score (nSPS) is 12.4. The van der Waals surface area contributed by atoms with E-state index in [1.807, 2.05) is 31.3 Å². The lowest BCUT2D eigenvalue weighted by Gasteiger charge is -2.16. The first-order chi connectivity index (χ1) is 9.04. The quantitative estimate of drug-likeness (QED) is 0.909. The number of thiophene rings is 1. The molecule has 2 aromatic rings. The fourth-order valence-corrected chi connectivity index (χ4v) is 3.00. The molecule has 2 heterocycles. The topological polar surface area (TPSA) is 55.0 Å². The Labute approximate surface area is 125 Å². The van der Waals surface area contributed by atoms with Gasteiger partial charge in [-0.2, -0.15) is 0 Å². The molecule has 102 valence electrons. The van der Waals surface area contributed by atoms with Crippen LogP contribution in [0.2, 0.25) is 0 Å². The zero-order chi connectivity index (χ0) is 13.8. The summed E-state index contributed by atoms with van der Waals surface area (Å²) in [5.41, 5.74) is 8.08. The molecule has 0 saturated heterocycles. The minimum absolute atomic E-state index is 0.135. The van der Waals surface area contributed by atoms with Gasteiger partial charge in [-0.15, -0.1) is 11.3 Å². The van der Waals surface area contributed by atoms with E-state index in [-0.39, 0.29) is 6.04 Å². The Morgan fingerprint density at radius 2 is 2.05 bits per heavy atom. The Bertz CT molecular complexity index is 524. The highest BCUT2D eigenvalue weighted by atomic mass is 79.9. The summed E-state index contributed by atoms with van der Waals surface area (Å²) in [7, 11) is 1.99. The highest BCUT2D eigenvalue weighted by Gasteiger charge is 2.07. The van der Waals surface area contributed by atoms with Crippen molar-refractivity contribution in [2.45, 2.75) is 25.9 Å². The predicted molar refractivity (Wildman–Crippen MR) is 83.5 cm³/mol. The van der Waals surface area contributed by atoms with Gasteiger partial charge in [-0.05, 0) is 51.8 Å². The van der Waals surface area contributed by atoms with Crippen molar-refractivity contribution in [3.05, 3.63) is 38.8 Å². The van der Waals surface area contributed by atoms with Gasteiger partial charge in [-0.1, -0.05) is 0 Å². The lowest BCUT2D eigenvalue weighted by atomic mass is 10.1. The number of hydrogen-bond acceptors (Lipinski definition) is 5. The summed E-state index contributed by atoms with van der Waals surface area (Å²) in [6.45, 7) is 2.78. The van der Waals surface area contributed by atoms with Gasteiger partial charge in [-0.25, -0.2) is 9.97 Å². The summed E-state index contributed by atoms with van der Waals surface area (Å²) in [4.78, 5) is 10.8. The van der Waals surface area contributed by atoms with Gasteiger partial charge in [0, 0.05) is 32.0 Å². The molecular weight excluding hydrogens is 324 g/mol. The Morgan fingerprint density at radius 1 is 1.37 bits per heavy atom. The number of rotatable bonds is 5. The van der Waals surface area contributed by atoms with Crippen molar-refractivity contribution >= 4 is 33.2 Å². The molecule has 0 aromatic carbocycles. The van der Waals surface area contributed by atoms with Crippen LogP contribution in [0.1, 0.15) is 18.1 Å². The van der Waals surface area contributed by atoms with E-state index in [1.54, 1.807) is 11.3 Å². The summed E-state index contributed by atoms with van der Waals surface area (Å²) in [6.07, 6.45) is 4.51. The average Bonchev–Trinajstić information content (AvgIpc) is 2.75. The summed E-state index contributed by atoms with van der Waals surface area (Å²) in [6, 6.07) is 2.25. The number of halogens is 1. The van der Waals surface area contributed by atoms with Gasteiger partial charge in [0.15, 0.2) is 0 Å². The van der Waals surface area contributed by atoms with Crippen LogP contribution in [-0.4, -0.2) is 23.1 Å². The maximum atomic E-state index is 5.76. The van der Waals surface area contributed by atoms with Gasteiger partial charge < -0.3 is 10.6 Å². The van der Waals surface area contributed by atoms with Crippen LogP contribution in [0.4, 0.5) is 5.95 Å². The van der Waals surface area contributed by atoms with Crippen LogP contribution < -0.4 is 10.6 Å². The van der Waals surface area contributed by atoms with Gasteiger partial charge in [0.25, 0.3) is 0 Å². The van der Waals surface area contributed by atoms with Crippen LogP contribution in [0.25, 0.3) is 0 Å². The van der Waals surface area contributed by atoms with Crippen LogP contribution >= 0.6 is 27.3 Å². The summed E-state index contributed by atoms with van der Waals surface area (Å²) >= 11 is 5.15. The van der Waals surface area contributed by atoms with Gasteiger partial charge in [0.2, 0.25) is 5.95 Å². The highest BCUT2D eigenvalue weighted by molar-refractivity contribution is 9.11. The minimum Gasteiger partial charge on any atom is -0.340 e. The molecule has 0 spiro atoms. The molecule has 0 saturated carbocycles. The molecule has 2 rings (SSSR count). The van der Waals surface area contributed by atoms with E-state index in [0.717, 1.165) is 28.3 Å². The van der Waals surface area contributed by atoms with Gasteiger partial charge in [0.05, 0.1) is 3.79 Å². The zero-order valence-electron chi connectivity index (χ0n) is 11.0. The largest absolute Gasteiger partial charge is 0.340 e. The molecule has 0 fully saturated rings. The third-order valence-corrected chi connectivity index (χ3v) is 4.19. The van der Waals surface area contributed by atoms with E-state index in [0.29, 0.717) is 0 Å². The van der Waals surface area contributed by atoms with Crippen molar-refractivity contribution in [3.63, 3.8) is 0 Å². The number of anilines is 1. The van der Waals surface area contributed by atoms with Crippen molar-refractivity contribution in [1.29, 1.82) is 0 Å². The van der Waals surface area contributed by atoms with Gasteiger partial charge >= 0.3 is 0 Å². The summed E-state index contributed by atoms with van der Waals surface area (Å²) in [5, 5.41) is 2.13. The number of hydrogen-bond donors (Lipinski definition) is 1. The molecule has 1 unspecified atom stereocenters. The van der Waals surface area contributed by atoms with E-state index in [1.165, 1.54) is 5.56 Å². The van der Waals surface area contributed by atoms with Crippen LogP contribution in [-0.2, 0) is 13.0 Å². The third kappa shape index (κ3) is 4.26. The first-order valence-corrected chi connectivity index (χ1v) is 7.72. The fourth-order valence-electron chi connectivity index (χ4n) is 1.80. The SMILES string of the molecule is CC(N)Cc1cnc(N(C)Cc2csc(Br)c2)nc1. The fraction of sp³-hybridized carbons (Fsp3) is 0.385. The molecule has 4 nitrogen and oxygen atoms in total. The van der Waals surface area contributed by atoms with Crippen molar-refractivity contribution in [2.24, 2.45) is 5.73 Å². The third-order valence-electron chi connectivity index (χ3n) is 2.63. The smallest absolute Gasteiger partial charge is 0.225 e. The molecular formula is C13H17BrN4S. The Hall–Kier alpha value is -0.980. The molecule has 0 aliphatic rings. The minimum atomic E-state index is 0.135. The first kappa shape index (κ1) is 14.4. The number of nitrogens with two attached hydrogens (primary N) is 1. The van der Waals surface area contributed by atoms with Crippen molar-refractivity contribution in [3.8, 4) is 0 Å². The monoisotopic (exact) mass is 340 g/mol. The van der Waals surface area contributed by atoms with Crippen LogP contribution in [0, 0.1) is 0 Å². The molecule has 0 aliphatic carbocycles. The van der Waals surface area contributed by atoms with Crippen molar-refractivity contribution in [1.82, 2.24) is 9.97 Å². The predicted octanol–water partition coefficient (Wildman–Crippen LogP) is 2.83. The first-order valence-electron chi connectivity index (χ1n) is 6.05. The standard InChI is InChI=1S/C13H17BrN4S/c1-9(15)3-10-5-16-13(17-6-10)18(2)7-11-4-12(14)19-8-11/h4-6,8-9H,3,7,15H2,1-2H3. The molecule has 6 heteroatoms. The second kappa shape index (κ2) is 6.45. The second-order valence-electron chi connectivity index (χ2n) is 4.69. The highest BCUT2D eigenvalue weighted by Crippen LogP contribution is 2.22. The van der Waals surface area contributed by atoms with E-state index in [4.69, 9.17) is 5.73 Å². The van der Waals surface area contributed by atoms with Gasteiger partial charge in [0.1, 0.15) is 0 Å². The number of aromatic nitrogens is 2. The Morgan fingerprint density at radius 3 is 2.58 bits per heavy atom. The van der Waals surface area contributed by atoms with E-state index in [2.05, 4.69) is 37.3 Å². The zero-order valence-corrected chi connectivity index (χ0v) is 13.4.